The van der Waals surface area contributed by atoms with Crippen LogP contribution < -0.4 is 0 Å². The summed E-state index contributed by atoms with van der Waals surface area (Å²) in [6.45, 7) is 17.4. The molecule has 0 saturated carbocycles. The summed E-state index contributed by atoms with van der Waals surface area (Å²) in [5, 5.41) is 0. The second kappa shape index (κ2) is 22.2. The van der Waals surface area contributed by atoms with Crippen LogP contribution in [0.15, 0.2) is 0 Å². The molecule has 1 aliphatic rings. The van der Waals surface area contributed by atoms with Gasteiger partial charge in [0.2, 0.25) is 0 Å². The highest BCUT2D eigenvalue weighted by molar-refractivity contribution is 5.75. The molecule has 1 saturated heterocycles. The first-order chi connectivity index (χ1) is 15.7. The predicted molar refractivity (Wildman–Crippen MR) is 123 cm³/mol. The molecule has 1 aliphatic heterocycles. The van der Waals surface area contributed by atoms with E-state index in [-0.39, 0.29) is 5.78 Å². The predicted octanol–water partition coefficient (Wildman–Crippen LogP) is 1.09. The third kappa shape index (κ3) is 18.9. The summed E-state index contributed by atoms with van der Waals surface area (Å²) >= 11 is 0. The minimum atomic E-state index is 0.144. The Morgan fingerprint density at radius 3 is 1.28 bits per heavy atom. The van der Waals surface area contributed by atoms with Gasteiger partial charge in [0.1, 0.15) is 5.78 Å². The lowest BCUT2D eigenvalue weighted by Crippen LogP contribution is -2.48. The Kier molecular flexibility index (Phi) is 20.3. The van der Waals surface area contributed by atoms with Gasteiger partial charge < -0.3 is 28.4 Å². The van der Waals surface area contributed by atoms with Crippen molar-refractivity contribution in [1.82, 2.24) is 9.80 Å². The fraction of sp³-hybridized carbons (Fsp3) is 0.957. The number of carbonyl (C=O) groups is 1. The van der Waals surface area contributed by atoms with Crippen LogP contribution in [0.25, 0.3) is 0 Å². The molecule has 0 aromatic heterocycles. The van der Waals surface area contributed by atoms with Crippen molar-refractivity contribution < 1.29 is 33.2 Å². The Balaban J connectivity index is 1.77. The highest BCUT2D eigenvalue weighted by atomic mass is 16.6. The van der Waals surface area contributed by atoms with Crippen LogP contribution in [-0.2, 0) is 33.2 Å². The van der Waals surface area contributed by atoms with Crippen molar-refractivity contribution >= 4 is 5.78 Å². The number of rotatable bonds is 23. The summed E-state index contributed by atoms with van der Waals surface area (Å²) in [4.78, 5) is 15.7. The highest BCUT2D eigenvalue weighted by Gasteiger charge is 2.16. The van der Waals surface area contributed by atoms with Crippen molar-refractivity contribution in [2.75, 3.05) is 119 Å². The molecule has 32 heavy (non-hydrogen) atoms. The summed E-state index contributed by atoms with van der Waals surface area (Å²) < 4.78 is 32.9. The van der Waals surface area contributed by atoms with E-state index in [9.17, 15) is 4.79 Å². The van der Waals surface area contributed by atoms with Gasteiger partial charge >= 0.3 is 0 Å². The van der Waals surface area contributed by atoms with Crippen molar-refractivity contribution in [1.29, 1.82) is 0 Å². The van der Waals surface area contributed by atoms with E-state index in [0.29, 0.717) is 65.9 Å². The van der Waals surface area contributed by atoms with Gasteiger partial charge in [-0.1, -0.05) is 6.92 Å². The molecule has 0 bridgehead atoms. The van der Waals surface area contributed by atoms with E-state index in [1.165, 1.54) is 0 Å². The van der Waals surface area contributed by atoms with Gasteiger partial charge in [0.25, 0.3) is 0 Å². The number of hydrogen-bond acceptors (Lipinski definition) is 9. The molecule has 1 fully saturated rings. The van der Waals surface area contributed by atoms with E-state index in [2.05, 4.69) is 16.7 Å². The molecule has 1 heterocycles. The van der Waals surface area contributed by atoms with E-state index in [1.807, 2.05) is 0 Å². The molecule has 0 radical (unpaired) electrons. The molecule has 0 spiro atoms. The summed E-state index contributed by atoms with van der Waals surface area (Å²) in [7, 11) is 0. The van der Waals surface area contributed by atoms with Gasteiger partial charge in [0.15, 0.2) is 0 Å². The monoisotopic (exact) mass is 462 g/mol. The highest BCUT2D eigenvalue weighted by Crippen LogP contribution is 2.01. The number of ketones is 1. The zero-order valence-electron chi connectivity index (χ0n) is 20.4. The van der Waals surface area contributed by atoms with Crippen molar-refractivity contribution in [3.63, 3.8) is 0 Å². The quantitative estimate of drug-likeness (QED) is 0.207. The largest absolute Gasteiger partial charge is 0.379 e. The molecular weight excluding hydrogens is 416 g/mol. The van der Waals surface area contributed by atoms with Crippen LogP contribution in [0.2, 0.25) is 0 Å². The first kappa shape index (κ1) is 29.4. The second-order valence-corrected chi connectivity index (χ2v) is 7.81. The summed E-state index contributed by atoms with van der Waals surface area (Å²) in [5.41, 5.74) is 0. The Labute approximate surface area is 194 Å². The summed E-state index contributed by atoms with van der Waals surface area (Å²) in [5.74, 6) is 0.144. The normalized spacial score (nSPS) is 15.4. The molecule has 9 heteroatoms. The van der Waals surface area contributed by atoms with Crippen molar-refractivity contribution in [3.05, 3.63) is 0 Å². The molecular formula is C23H46N2O7. The molecule has 0 amide bonds. The lowest BCUT2D eigenvalue weighted by molar-refractivity contribution is -0.118. The molecule has 1 rings (SSSR count). The van der Waals surface area contributed by atoms with Crippen LogP contribution >= 0.6 is 0 Å². The van der Waals surface area contributed by atoms with Crippen LogP contribution in [0.4, 0.5) is 0 Å². The smallest absolute Gasteiger partial charge is 0.132 e. The molecule has 0 atom stereocenters. The van der Waals surface area contributed by atoms with Crippen LogP contribution in [0.5, 0.6) is 0 Å². The molecule has 0 unspecified atom stereocenters. The lowest BCUT2D eigenvalue weighted by atomic mass is 10.3. The summed E-state index contributed by atoms with van der Waals surface area (Å²) in [6, 6.07) is 0. The number of piperazine rings is 1. The summed E-state index contributed by atoms with van der Waals surface area (Å²) in [6.07, 6.45) is 1.52. The average Bonchev–Trinajstić information content (AvgIpc) is 2.79. The first-order valence-corrected chi connectivity index (χ1v) is 12.1. The molecule has 9 nitrogen and oxygen atoms in total. The van der Waals surface area contributed by atoms with Crippen LogP contribution in [0, 0.1) is 0 Å². The fourth-order valence-corrected chi connectivity index (χ4v) is 3.07. The molecule has 0 aromatic rings. The van der Waals surface area contributed by atoms with E-state index < -0.39 is 0 Å². The Bertz CT molecular complexity index is 421. The molecule has 0 aromatic carbocycles. The second-order valence-electron chi connectivity index (χ2n) is 7.81. The van der Waals surface area contributed by atoms with E-state index in [0.717, 1.165) is 65.5 Å². The maximum absolute atomic E-state index is 10.8. The Morgan fingerprint density at radius 1 is 0.562 bits per heavy atom. The maximum atomic E-state index is 10.8. The first-order valence-electron chi connectivity index (χ1n) is 12.1. The minimum Gasteiger partial charge on any atom is -0.379 e. The van der Waals surface area contributed by atoms with Crippen LogP contribution in [-0.4, -0.2) is 134 Å². The number of ether oxygens (including phenoxy) is 6. The fourth-order valence-electron chi connectivity index (χ4n) is 3.07. The number of hydrogen-bond donors (Lipinski definition) is 0. The number of nitrogens with zero attached hydrogens (tertiary/aromatic N) is 2. The van der Waals surface area contributed by atoms with Gasteiger partial charge in [-0.25, -0.2) is 0 Å². The molecule has 0 N–H and O–H groups in total. The van der Waals surface area contributed by atoms with Gasteiger partial charge in [0, 0.05) is 52.3 Å². The van der Waals surface area contributed by atoms with Crippen LogP contribution in [0.3, 0.4) is 0 Å². The minimum absolute atomic E-state index is 0.144. The number of carbonyl (C=O) groups excluding carboxylic acids is 1. The van der Waals surface area contributed by atoms with Crippen LogP contribution in [0.1, 0.15) is 26.7 Å². The molecule has 0 aliphatic carbocycles. The lowest BCUT2D eigenvalue weighted by Gasteiger charge is -2.34. The van der Waals surface area contributed by atoms with Crippen molar-refractivity contribution in [2.24, 2.45) is 0 Å². The van der Waals surface area contributed by atoms with Crippen molar-refractivity contribution in [3.8, 4) is 0 Å². The third-order valence-corrected chi connectivity index (χ3v) is 5.00. The maximum Gasteiger partial charge on any atom is 0.132 e. The third-order valence-electron chi connectivity index (χ3n) is 5.00. The number of Topliss-reactive ketones (excluding diaryl/α,β-unsaturated/α-hetero) is 1. The van der Waals surface area contributed by atoms with Gasteiger partial charge in [0.05, 0.1) is 72.7 Å². The SMILES string of the molecule is CCCOCCOCCN1CCN(CCOCCOCCOCCOCCC(C)=O)CC1. The standard InChI is InChI=1S/C23H46N2O7/c1-3-11-27-15-17-29-13-9-24-5-7-25(8-6-24)10-14-30-18-20-32-22-21-31-19-16-28-12-4-23(2)26/h3-22H2,1-2H3. The van der Waals surface area contributed by atoms with Gasteiger partial charge in [-0.15, -0.1) is 0 Å². The van der Waals surface area contributed by atoms with Gasteiger partial charge in [-0.05, 0) is 13.3 Å². The zero-order chi connectivity index (χ0) is 23.1. The van der Waals surface area contributed by atoms with Gasteiger partial charge in [-0.2, -0.15) is 0 Å². The Hall–Kier alpha value is -0.650. The zero-order valence-corrected chi connectivity index (χ0v) is 20.4. The van der Waals surface area contributed by atoms with E-state index in [4.69, 9.17) is 28.4 Å². The molecule has 190 valence electrons. The van der Waals surface area contributed by atoms with E-state index >= 15 is 0 Å². The van der Waals surface area contributed by atoms with Crippen molar-refractivity contribution in [2.45, 2.75) is 26.7 Å². The van der Waals surface area contributed by atoms with Gasteiger partial charge in [-0.3, -0.25) is 14.6 Å². The average molecular weight is 463 g/mol. The topological polar surface area (TPSA) is 78.9 Å². The Morgan fingerprint density at radius 2 is 0.906 bits per heavy atom. The van der Waals surface area contributed by atoms with E-state index in [1.54, 1.807) is 6.92 Å².